The summed E-state index contributed by atoms with van der Waals surface area (Å²) in [6, 6.07) is 3.33. The Kier molecular flexibility index (Phi) is 4.13. The molecule has 0 aliphatic carbocycles. The van der Waals surface area contributed by atoms with Gasteiger partial charge >= 0.3 is 0 Å². The first kappa shape index (κ1) is 14.3. The molecule has 0 amide bonds. The maximum atomic E-state index is 11.8. The summed E-state index contributed by atoms with van der Waals surface area (Å²) in [7, 11) is -3.22. The van der Waals surface area contributed by atoms with Gasteiger partial charge in [-0.15, -0.1) is 0 Å². The average Bonchev–Trinajstić information content (AvgIpc) is 2.75. The molecule has 0 N–H and O–H groups in total. The Balaban J connectivity index is 2.21. The van der Waals surface area contributed by atoms with Gasteiger partial charge in [-0.3, -0.25) is 0 Å². The van der Waals surface area contributed by atoms with Crippen LogP contribution >= 0.6 is 0 Å². The normalized spacial score (nSPS) is 20.2. The van der Waals surface area contributed by atoms with E-state index in [1.54, 1.807) is 18.3 Å². The Morgan fingerprint density at radius 1 is 1.47 bits per heavy atom. The van der Waals surface area contributed by atoms with Crippen LogP contribution in [0.15, 0.2) is 23.2 Å². The van der Waals surface area contributed by atoms with E-state index < -0.39 is 9.84 Å². The topological polar surface area (TPSA) is 50.3 Å². The third kappa shape index (κ3) is 3.47. The van der Waals surface area contributed by atoms with Crippen LogP contribution in [0.4, 0.5) is 5.82 Å². The Labute approximate surface area is 115 Å². The standard InChI is InChI=1S/C14H22N2O2S/c1-11(2)9-12-6-8-16(10-12)14-13(19(3,17)18)5-4-7-15-14/h4-5,7,11-12H,6,8-10H2,1-3H3. The molecular formula is C14H22N2O2S. The fourth-order valence-corrected chi connectivity index (χ4v) is 3.63. The molecule has 2 heterocycles. The lowest BCUT2D eigenvalue weighted by molar-refractivity contribution is 0.441. The van der Waals surface area contributed by atoms with Gasteiger partial charge < -0.3 is 4.90 Å². The van der Waals surface area contributed by atoms with Crippen molar-refractivity contribution in [1.82, 2.24) is 4.98 Å². The molecule has 0 radical (unpaired) electrons. The molecule has 1 aliphatic heterocycles. The van der Waals surface area contributed by atoms with Crippen LogP contribution in [-0.2, 0) is 9.84 Å². The Morgan fingerprint density at radius 2 is 2.21 bits per heavy atom. The maximum absolute atomic E-state index is 11.8. The molecule has 106 valence electrons. The highest BCUT2D eigenvalue weighted by molar-refractivity contribution is 7.90. The maximum Gasteiger partial charge on any atom is 0.179 e. The zero-order valence-electron chi connectivity index (χ0n) is 11.8. The summed E-state index contributed by atoms with van der Waals surface area (Å²) < 4.78 is 23.6. The van der Waals surface area contributed by atoms with E-state index in [0.29, 0.717) is 22.5 Å². The van der Waals surface area contributed by atoms with E-state index in [1.165, 1.54) is 12.7 Å². The second-order valence-corrected chi connectivity index (χ2v) is 7.81. The predicted octanol–water partition coefficient (Wildman–Crippen LogP) is 2.36. The fraction of sp³-hybridized carbons (Fsp3) is 0.643. The minimum atomic E-state index is -3.22. The van der Waals surface area contributed by atoms with Crippen LogP contribution in [0.5, 0.6) is 0 Å². The summed E-state index contributed by atoms with van der Waals surface area (Å²) >= 11 is 0. The summed E-state index contributed by atoms with van der Waals surface area (Å²) in [5, 5.41) is 0. The lowest BCUT2D eigenvalue weighted by Gasteiger charge is -2.20. The van der Waals surface area contributed by atoms with Gasteiger partial charge in [-0.05, 0) is 36.8 Å². The van der Waals surface area contributed by atoms with Crippen molar-refractivity contribution in [3.8, 4) is 0 Å². The van der Waals surface area contributed by atoms with Crippen molar-refractivity contribution in [1.29, 1.82) is 0 Å². The molecule has 1 aliphatic rings. The number of hydrogen-bond acceptors (Lipinski definition) is 4. The lowest BCUT2D eigenvalue weighted by Crippen LogP contribution is -2.23. The molecule has 4 nitrogen and oxygen atoms in total. The molecule has 2 rings (SSSR count). The van der Waals surface area contributed by atoms with E-state index in [2.05, 4.69) is 23.7 Å². The minimum absolute atomic E-state index is 0.347. The zero-order valence-corrected chi connectivity index (χ0v) is 12.7. The molecule has 0 spiro atoms. The van der Waals surface area contributed by atoms with Crippen molar-refractivity contribution in [2.45, 2.75) is 31.6 Å². The number of hydrogen-bond donors (Lipinski definition) is 0. The first-order chi connectivity index (χ1) is 8.88. The molecule has 0 aromatic carbocycles. The average molecular weight is 282 g/mol. The van der Waals surface area contributed by atoms with Crippen LogP contribution in [0.3, 0.4) is 0 Å². The van der Waals surface area contributed by atoms with Gasteiger partial charge in [0, 0.05) is 25.5 Å². The zero-order chi connectivity index (χ0) is 14.0. The van der Waals surface area contributed by atoms with Crippen LogP contribution in [0.2, 0.25) is 0 Å². The van der Waals surface area contributed by atoms with Crippen molar-refractivity contribution in [2.24, 2.45) is 11.8 Å². The molecule has 1 unspecified atom stereocenters. The number of pyridine rings is 1. The van der Waals surface area contributed by atoms with Crippen LogP contribution in [-0.4, -0.2) is 32.7 Å². The van der Waals surface area contributed by atoms with Gasteiger partial charge in [-0.1, -0.05) is 13.8 Å². The Morgan fingerprint density at radius 3 is 2.84 bits per heavy atom. The van der Waals surface area contributed by atoms with Crippen molar-refractivity contribution >= 4 is 15.7 Å². The molecule has 0 bridgehead atoms. The molecular weight excluding hydrogens is 260 g/mol. The molecule has 5 heteroatoms. The summed E-state index contributed by atoms with van der Waals surface area (Å²) in [5.41, 5.74) is 0. The van der Waals surface area contributed by atoms with Gasteiger partial charge in [-0.25, -0.2) is 13.4 Å². The second kappa shape index (κ2) is 5.49. The first-order valence-corrected chi connectivity index (χ1v) is 8.67. The van der Waals surface area contributed by atoms with Crippen LogP contribution < -0.4 is 4.90 Å². The van der Waals surface area contributed by atoms with Crippen LogP contribution in [0, 0.1) is 11.8 Å². The van der Waals surface area contributed by atoms with Crippen molar-refractivity contribution in [3.05, 3.63) is 18.3 Å². The SMILES string of the molecule is CC(C)CC1CCN(c2ncccc2S(C)(=O)=O)C1. The molecule has 1 saturated heterocycles. The number of anilines is 1. The van der Waals surface area contributed by atoms with Crippen molar-refractivity contribution < 1.29 is 8.42 Å². The van der Waals surface area contributed by atoms with Gasteiger partial charge in [0.2, 0.25) is 0 Å². The third-order valence-corrected chi connectivity index (χ3v) is 4.66. The van der Waals surface area contributed by atoms with Gasteiger partial charge in [0.15, 0.2) is 9.84 Å². The summed E-state index contributed by atoms with van der Waals surface area (Å²) in [5.74, 6) is 1.95. The molecule has 19 heavy (non-hydrogen) atoms. The number of aromatic nitrogens is 1. The molecule has 1 aromatic rings. The Hall–Kier alpha value is -1.10. The fourth-order valence-electron chi connectivity index (χ4n) is 2.79. The minimum Gasteiger partial charge on any atom is -0.355 e. The quantitative estimate of drug-likeness (QED) is 0.850. The highest BCUT2D eigenvalue weighted by atomic mass is 32.2. The summed E-state index contributed by atoms with van der Waals surface area (Å²) in [6.07, 6.45) is 5.23. The second-order valence-electron chi connectivity index (χ2n) is 5.83. The lowest BCUT2D eigenvalue weighted by atomic mass is 9.97. The van der Waals surface area contributed by atoms with E-state index in [1.807, 2.05) is 0 Å². The first-order valence-electron chi connectivity index (χ1n) is 6.78. The van der Waals surface area contributed by atoms with Crippen molar-refractivity contribution in [2.75, 3.05) is 24.2 Å². The van der Waals surface area contributed by atoms with E-state index in [4.69, 9.17) is 0 Å². The van der Waals surface area contributed by atoms with Gasteiger partial charge in [-0.2, -0.15) is 0 Å². The van der Waals surface area contributed by atoms with Crippen molar-refractivity contribution in [3.63, 3.8) is 0 Å². The number of rotatable bonds is 4. The largest absolute Gasteiger partial charge is 0.355 e. The highest BCUT2D eigenvalue weighted by Crippen LogP contribution is 2.30. The van der Waals surface area contributed by atoms with Crippen LogP contribution in [0.25, 0.3) is 0 Å². The molecule has 1 atom stereocenters. The predicted molar refractivity (Wildman–Crippen MR) is 77.1 cm³/mol. The van der Waals surface area contributed by atoms with E-state index >= 15 is 0 Å². The van der Waals surface area contributed by atoms with Gasteiger partial charge in [0.05, 0.1) is 0 Å². The van der Waals surface area contributed by atoms with E-state index in [-0.39, 0.29) is 0 Å². The molecule has 0 saturated carbocycles. The summed E-state index contributed by atoms with van der Waals surface area (Å²) in [4.78, 5) is 6.75. The highest BCUT2D eigenvalue weighted by Gasteiger charge is 2.27. The Bertz CT molecular complexity index is 540. The smallest absolute Gasteiger partial charge is 0.179 e. The number of nitrogens with zero attached hydrogens (tertiary/aromatic N) is 2. The molecule has 1 aromatic heterocycles. The molecule has 1 fully saturated rings. The number of sulfone groups is 1. The monoisotopic (exact) mass is 282 g/mol. The van der Waals surface area contributed by atoms with Gasteiger partial charge in [0.1, 0.15) is 10.7 Å². The van der Waals surface area contributed by atoms with Gasteiger partial charge in [0.25, 0.3) is 0 Å². The van der Waals surface area contributed by atoms with Crippen LogP contribution in [0.1, 0.15) is 26.7 Å². The third-order valence-electron chi connectivity index (χ3n) is 3.54. The summed E-state index contributed by atoms with van der Waals surface area (Å²) in [6.45, 7) is 6.27. The van der Waals surface area contributed by atoms with E-state index in [9.17, 15) is 8.42 Å². The van der Waals surface area contributed by atoms with E-state index in [0.717, 1.165) is 19.5 Å².